The zero-order valence-electron chi connectivity index (χ0n) is 14.9. The second-order valence-corrected chi connectivity index (χ2v) is 7.22. The fraction of sp³-hybridized carbons (Fsp3) is 0.600. The predicted molar refractivity (Wildman–Crippen MR) is 96.2 cm³/mol. The number of piperidine rings is 1. The van der Waals surface area contributed by atoms with Gasteiger partial charge in [0.05, 0.1) is 0 Å². The zero-order valence-corrected chi connectivity index (χ0v) is 14.9. The molecule has 1 aromatic rings. The van der Waals surface area contributed by atoms with E-state index in [4.69, 9.17) is 4.74 Å². The Kier molecular flexibility index (Phi) is 5.95. The van der Waals surface area contributed by atoms with Crippen molar-refractivity contribution in [3.8, 4) is 5.75 Å². The van der Waals surface area contributed by atoms with Gasteiger partial charge in [0.1, 0.15) is 5.75 Å². The number of nitrogens with one attached hydrogen (secondary N) is 1. The fourth-order valence-electron chi connectivity index (χ4n) is 3.32. The molecule has 0 aromatic heterocycles. The van der Waals surface area contributed by atoms with E-state index in [9.17, 15) is 9.59 Å². The SMILES string of the molecule is CC(Oc1ccccc1)C(=O)N1CCC(CCC(=O)NC2CC2)CC1. The standard InChI is InChI=1S/C20H28N2O3/c1-15(25-18-5-3-2-4-6-18)20(24)22-13-11-16(12-14-22)7-10-19(23)21-17-8-9-17/h2-6,15-17H,7-14H2,1H3,(H,21,23). The Hall–Kier alpha value is -2.04. The molecular formula is C20H28N2O3. The maximum absolute atomic E-state index is 12.5. The number of hydrogen-bond acceptors (Lipinski definition) is 3. The summed E-state index contributed by atoms with van der Waals surface area (Å²) in [5.41, 5.74) is 0. The van der Waals surface area contributed by atoms with Crippen molar-refractivity contribution in [3.05, 3.63) is 30.3 Å². The van der Waals surface area contributed by atoms with Gasteiger partial charge in [0, 0.05) is 25.6 Å². The van der Waals surface area contributed by atoms with Crippen molar-refractivity contribution in [2.75, 3.05) is 13.1 Å². The minimum atomic E-state index is -0.469. The molecule has 2 aliphatic rings. The molecule has 1 aliphatic carbocycles. The summed E-state index contributed by atoms with van der Waals surface area (Å²) >= 11 is 0. The number of rotatable bonds is 7. The molecule has 1 saturated carbocycles. The maximum Gasteiger partial charge on any atom is 0.263 e. The van der Waals surface area contributed by atoms with Gasteiger partial charge in [0.25, 0.3) is 5.91 Å². The zero-order chi connectivity index (χ0) is 17.6. The summed E-state index contributed by atoms with van der Waals surface area (Å²) in [6, 6.07) is 9.90. The predicted octanol–water partition coefficient (Wildman–Crippen LogP) is 2.75. The van der Waals surface area contributed by atoms with Gasteiger partial charge >= 0.3 is 0 Å². The Morgan fingerprint density at radius 1 is 1.16 bits per heavy atom. The largest absolute Gasteiger partial charge is 0.481 e. The molecule has 1 saturated heterocycles. The first-order chi connectivity index (χ1) is 12.1. The number of likely N-dealkylation sites (tertiary alicyclic amines) is 1. The van der Waals surface area contributed by atoms with Crippen LogP contribution in [0.5, 0.6) is 5.75 Å². The average molecular weight is 344 g/mol. The van der Waals surface area contributed by atoms with Crippen LogP contribution in [0.2, 0.25) is 0 Å². The van der Waals surface area contributed by atoms with Crippen molar-refractivity contribution in [2.24, 2.45) is 5.92 Å². The smallest absolute Gasteiger partial charge is 0.263 e. The average Bonchev–Trinajstić information content (AvgIpc) is 3.44. The Bertz CT molecular complexity index is 578. The van der Waals surface area contributed by atoms with E-state index in [2.05, 4.69) is 5.32 Å². The second-order valence-electron chi connectivity index (χ2n) is 7.22. The monoisotopic (exact) mass is 344 g/mol. The highest BCUT2D eigenvalue weighted by Gasteiger charge is 2.28. The van der Waals surface area contributed by atoms with E-state index in [0.29, 0.717) is 18.4 Å². The molecule has 1 unspecified atom stereocenters. The van der Waals surface area contributed by atoms with Crippen LogP contribution in [0.3, 0.4) is 0 Å². The van der Waals surface area contributed by atoms with Crippen LogP contribution in [0.15, 0.2) is 30.3 Å². The Morgan fingerprint density at radius 2 is 1.84 bits per heavy atom. The minimum Gasteiger partial charge on any atom is -0.481 e. The van der Waals surface area contributed by atoms with E-state index in [1.165, 1.54) is 0 Å². The van der Waals surface area contributed by atoms with Crippen molar-refractivity contribution < 1.29 is 14.3 Å². The number of hydrogen-bond donors (Lipinski definition) is 1. The molecule has 5 heteroatoms. The topological polar surface area (TPSA) is 58.6 Å². The van der Waals surface area contributed by atoms with Gasteiger partial charge in [-0.25, -0.2) is 0 Å². The van der Waals surface area contributed by atoms with Crippen LogP contribution in [-0.2, 0) is 9.59 Å². The Balaban J connectivity index is 1.37. The summed E-state index contributed by atoms with van der Waals surface area (Å²) in [6.45, 7) is 3.33. The van der Waals surface area contributed by atoms with Crippen LogP contribution in [0.4, 0.5) is 0 Å². The molecule has 0 spiro atoms. The summed E-state index contributed by atoms with van der Waals surface area (Å²) in [6.07, 6.45) is 5.29. The third-order valence-electron chi connectivity index (χ3n) is 5.05. The maximum atomic E-state index is 12.5. The minimum absolute atomic E-state index is 0.0498. The summed E-state index contributed by atoms with van der Waals surface area (Å²) in [7, 11) is 0. The van der Waals surface area contributed by atoms with Crippen LogP contribution >= 0.6 is 0 Å². The van der Waals surface area contributed by atoms with Crippen LogP contribution in [0.1, 0.15) is 45.4 Å². The highest BCUT2D eigenvalue weighted by molar-refractivity contribution is 5.81. The normalized spacial score (nSPS) is 19.3. The number of carbonyl (C=O) groups excluding carboxylic acids is 2. The van der Waals surface area contributed by atoms with E-state index in [1.54, 1.807) is 0 Å². The summed E-state index contributed by atoms with van der Waals surface area (Å²) in [4.78, 5) is 26.2. The lowest BCUT2D eigenvalue weighted by molar-refractivity contribution is -0.139. The van der Waals surface area contributed by atoms with Crippen molar-refractivity contribution in [1.29, 1.82) is 0 Å². The van der Waals surface area contributed by atoms with E-state index in [-0.39, 0.29) is 11.8 Å². The number of benzene rings is 1. The van der Waals surface area contributed by atoms with E-state index in [0.717, 1.165) is 50.9 Å². The molecule has 3 rings (SSSR count). The molecule has 1 atom stereocenters. The first-order valence-corrected chi connectivity index (χ1v) is 9.41. The summed E-state index contributed by atoms with van der Waals surface area (Å²) < 4.78 is 5.73. The van der Waals surface area contributed by atoms with Gasteiger partial charge in [0.15, 0.2) is 6.10 Å². The van der Waals surface area contributed by atoms with Crippen molar-refractivity contribution in [3.63, 3.8) is 0 Å². The molecule has 1 heterocycles. The van der Waals surface area contributed by atoms with Gasteiger partial charge in [0.2, 0.25) is 5.91 Å². The van der Waals surface area contributed by atoms with Gasteiger partial charge in [-0.05, 0) is 57.1 Å². The molecule has 2 fully saturated rings. The van der Waals surface area contributed by atoms with Gasteiger partial charge < -0.3 is 15.0 Å². The van der Waals surface area contributed by atoms with Gasteiger partial charge in [-0.15, -0.1) is 0 Å². The van der Waals surface area contributed by atoms with E-state index < -0.39 is 6.10 Å². The lowest BCUT2D eigenvalue weighted by Crippen LogP contribution is -2.44. The lowest BCUT2D eigenvalue weighted by atomic mass is 9.92. The first-order valence-electron chi connectivity index (χ1n) is 9.41. The van der Waals surface area contributed by atoms with Gasteiger partial charge in [-0.3, -0.25) is 9.59 Å². The van der Waals surface area contributed by atoms with Gasteiger partial charge in [-0.2, -0.15) is 0 Å². The third-order valence-corrected chi connectivity index (χ3v) is 5.05. The molecule has 0 radical (unpaired) electrons. The number of para-hydroxylation sites is 1. The number of ether oxygens (including phenoxy) is 1. The third kappa shape index (κ3) is 5.48. The lowest BCUT2D eigenvalue weighted by Gasteiger charge is -2.33. The fourth-order valence-corrected chi connectivity index (χ4v) is 3.32. The molecule has 0 bridgehead atoms. The summed E-state index contributed by atoms with van der Waals surface area (Å²) in [5, 5.41) is 3.04. The van der Waals surface area contributed by atoms with Gasteiger partial charge in [-0.1, -0.05) is 18.2 Å². The molecule has 136 valence electrons. The molecule has 2 amide bonds. The molecule has 25 heavy (non-hydrogen) atoms. The molecule has 1 aliphatic heterocycles. The molecule has 1 N–H and O–H groups in total. The highest BCUT2D eigenvalue weighted by atomic mass is 16.5. The van der Waals surface area contributed by atoms with Crippen molar-refractivity contribution in [2.45, 2.75) is 57.6 Å². The quantitative estimate of drug-likeness (QED) is 0.827. The van der Waals surface area contributed by atoms with Crippen molar-refractivity contribution >= 4 is 11.8 Å². The molecular weight excluding hydrogens is 316 g/mol. The van der Waals surface area contributed by atoms with Crippen molar-refractivity contribution in [1.82, 2.24) is 10.2 Å². The number of carbonyl (C=O) groups is 2. The Labute approximate surface area is 149 Å². The van der Waals surface area contributed by atoms with Crippen LogP contribution < -0.4 is 10.1 Å². The second kappa shape index (κ2) is 8.37. The Morgan fingerprint density at radius 3 is 2.48 bits per heavy atom. The highest BCUT2D eigenvalue weighted by Crippen LogP contribution is 2.24. The van der Waals surface area contributed by atoms with E-state index >= 15 is 0 Å². The van der Waals surface area contributed by atoms with E-state index in [1.807, 2.05) is 42.2 Å². The van der Waals surface area contributed by atoms with Crippen LogP contribution in [0, 0.1) is 5.92 Å². The molecule has 5 nitrogen and oxygen atoms in total. The first kappa shape index (κ1) is 17.8. The number of amides is 2. The summed E-state index contributed by atoms with van der Waals surface area (Å²) in [5.74, 6) is 1.50. The number of nitrogens with zero attached hydrogens (tertiary/aromatic N) is 1. The van der Waals surface area contributed by atoms with Crippen LogP contribution in [0.25, 0.3) is 0 Å². The van der Waals surface area contributed by atoms with Crippen LogP contribution in [-0.4, -0.2) is 41.9 Å². The molecule has 1 aromatic carbocycles.